The molecular weight excluding hydrogens is 330 g/mol. The van der Waals surface area contributed by atoms with E-state index in [1.807, 2.05) is 52.0 Å². The monoisotopic (exact) mass is 351 g/mol. The smallest absolute Gasteiger partial charge is 0.207 e. The van der Waals surface area contributed by atoms with Crippen LogP contribution in [0, 0.1) is 20.8 Å². The molecule has 0 aliphatic rings. The van der Waals surface area contributed by atoms with E-state index in [1.165, 1.54) is 0 Å². The molecule has 1 N–H and O–H groups in total. The van der Waals surface area contributed by atoms with Gasteiger partial charge in [0.1, 0.15) is 0 Å². The maximum absolute atomic E-state index is 12.9. The first kappa shape index (κ1) is 18.0. The van der Waals surface area contributed by atoms with Crippen molar-refractivity contribution < 1.29 is 8.42 Å². The number of nitrogens with one attached hydrogen (secondary N) is 1. The number of hydrogen-bond donors (Lipinski definition) is 1. The largest absolute Gasteiger partial charge is 0.241 e. The van der Waals surface area contributed by atoms with Gasteiger partial charge in [-0.1, -0.05) is 48.4 Å². The van der Waals surface area contributed by atoms with E-state index in [2.05, 4.69) is 4.72 Å². The van der Waals surface area contributed by atoms with Gasteiger partial charge in [-0.3, -0.25) is 0 Å². The third-order valence-corrected chi connectivity index (χ3v) is 5.88. The highest BCUT2D eigenvalue weighted by atomic mass is 35.5. The van der Waals surface area contributed by atoms with E-state index < -0.39 is 10.0 Å². The summed E-state index contributed by atoms with van der Waals surface area (Å²) in [7, 11) is -3.59. The van der Waals surface area contributed by atoms with Crippen molar-refractivity contribution in [2.75, 3.05) is 0 Å². The molecule has 1 atom stereocenters. The molecule has 2 aromatic rings. The molecule has 0 aliphatic heterocycles. The Morgan fingerprint density at radius 1 is 1.04 bits per heavy atom. The molecule has 5 heteroatoms. The van der Waals surface area contributed by atoms with Crippen molar-refractivity contribution in [1.82, 2.24) is 4.72 Å². The van der Waals surface area contributed by atoms with Gasteiger partial charge in [-0.15, -0.1) is 0 Å². The lowest BCUT2D eigenvalue weighted by Gasteiger charge is -2.20. The average molecular weight is 352 g/mol. The van der Waals surface area contributed by atoms with Crippen molar-refractivity contribution in [1.29, 1.82) is 0 Å². The predicted octanol–water partition coefficient (Wildman–Crippen LogP) is 4.69. The molecule has 0 heterocycles. The van der Waals surface area contributed by atoms with E-state index in [1.54, 1.807) is 12.1 Å². The van der Waals surface area contributed by atoms with Crippen LogP contribution < -0.4 is 4.72 Å². The van der Waals surface area contributed by atoms with Crippen LogP contribution in [0.3, 0.4) is 0 Å². The highest BCUT2D eigenvalue weighted by molar-refractivity contribution is 7.89. The number of benzene rings is 2. The number of aryl methyl sites for hydroxylation is 3. The third-order valence-electron chi connectivity index (χ3n) is 3.85. The predicted molar refractivity (Wildman–Crippen MR) is 95.5 cm³/mol. The normalized spacial score (nSPS) is 13.1. The van der Waals surface area contributed by atoms with Crippen molar-refractivity contribution in [3.8, 4) is 0 Å². The Morgan fingerprint density at radius 2 is 1.57 bits per heavy atom. The Kier molecular flexibility index (Phi) is 5.50. The van der Waals surface area contributed by atoms with Crippen molar-refractivity contribution in [2.45, 2.75) is 45.1 Å². The van der Waals surface area contributed by atoms with Gasteiger partial charge in [0, 0.05) is 11.1 Å². The first-order chi connectivity index (χ1) is 10.7. The molecule has 0 amide bonds. The van der Waals surface area contributed by atoms with Gasteiger partial charge in [-0.25, -0.2) is 13.1 Å². The van der Waals surface area contributed by atoms with Crippen LogP contribution in [-0.4, -0.2) is 8.42 Å². The molecule has 2 aromatic carbocycles. The molecule has 0 aliphatic carbocycles. The van der Waals surface area contributed by atoms with Gasteiger partial charge in [-0.05, 0) is 56.0 Å². The Balaban J connectivity index is 2.38. The standard InChI is InChI=1S/C18H22ClNO2S/c1-5-17(15-6-8-16(19)9-7-15)20-23(21,22)18-13(3)10-12(2)11-14(18)4/h6-11,17,20H,5H2,1-4H3. The summed E-state index contributed by atoms with van der Waals surface area (Å²) in [5.41, 5.74) is 3.49. The van der Waals surface area contributed by atoms with Crippen LogP contribution >= 0.6 is 11.6 Å². The van der Waals surface area contributed by atoms with Crippen LogP contribution in [0.1, 0.15) is 41.6 Å². The van der Waals surface area contributed by atoms with Crippen LogP contribution in [0.25, 0.3) is 0 Å². The lowest BCUT2D eigenvalue weighted by molar-refractivity contribution is 0.549. The van der Waals surface area contributed by atoms with Crippen molar-refractivity contribution in [2.24, 2.45) is 0 Å². The summed E-state index contributed by atoms with van der Waals surface area (Å²) in [5, 5.41) is 0.636. The van der Waals surface area contributed by atoms with Gasteiger partial charge in [0.05, 0.1) is 4.90 Å². The van der Waals surface area contributed by atoms with Gasteiger partial charge in [0.15, 0.2) is 0 Å². The molecule has 0 bridgehead atoms. The van der Waals surface area contributed by atoms with Crippen LogP contribution in [0.5, 0.6) is 0 Å². The van der Waals surface area contributed by atoms with Crippen LogP contribution in [-0.2, 0) is 10.0 Å². The van der Waals surface area contributed by atoms with Gasteiger partial charge in [0.25, 0.3) is 0 Å². The lowest BCUT2D eigenvalue weighted by Crippen LogP contribution is -2.29. The third kappa shape index (κ3) is 4.14. The molecule has 124 valence electrons. The van der Waals surface area contributed by atoms with Crippen molar-refractivity contribution in [3.05, 3.63) is 63.7 Å². The zero-order valence-electron chi connectivity index (χ0n) is 13.9. The molecule has 3 nitrogen and oxygen atoms in total. The van der Waals surface area contributed by atoms with E-state index in [9.17, 15) is 8.42 Å². The Hall–Kier alpha value is -1.36. The number of hydrogen-bond acceptors (Lipinski definition) is 2. The van der Waals surface area contributed by atoms with E-state index in [0.717, 1.165) is 22.3 Å². The second-order valence-electron chi connectivity index (χ2n) is 5.86. The molecule has 2 rings (SSSR count). The van der Waals surface area contributed by atoms with Crippen LogP contribution in [0.15, 0.2) is 41.3 Å². The SMILES string of the molecule is CCC(NS(=O)(=O)c1c(C)cc(C)cc1C)c1ccc(Cl)cc1. The molecule has 0 fully saturated rings. The van der Waals surface area contributed by atoms with Crippen molar-refractivity contribution in [3.63, 3.8) is 0 Å². The summed E-state index contributed by atoms with van der Waals surface area (Å²) in [6, 6.07) is 10.8. The summed E-state index contributed by atoms with van der Waals surface area (Å²) >= 11 is 5.91. The molecule has 0 radical (unpaired) electrons. The van der Waals surface area contributed by atoms with Gasteiger partial charge in [0.2, 0.25) is 10.0 Å². The quantitative estimate of drug-likeness (QED) is 0.849. The topological polar surface area (TPSA) is 46.2 Å². The fourth-order valence-electron chi connectivity index (χ4n) is 2.92. The molecule has 1 unspecified atom stereocenters. The zero-order chi connectivity index (χ0) is 17.2. The Labute approximate surface area is 143 Å². The first-order valence-electron chi connectivity index (χ1n) is 7.60. The van der Waals surface area contributed by atoms with Crippen molar-refractivity contribution >= 4 is 21.6 Å². The minimum atomic E-state index is -3.59. The maximum atomic E-state index is 12.9. The zero-order valence-corrected chi connectivity index (χ0v) is 15.4. The van der Waals surface area contributed by atoms with E-state index in [0.29, 0.717) is 16.3 Å². The van der Waals surface area contributed by atoms with E-state index in [4.69, 9.17) is 11.6 Å². The summed E-state index contributed by atoms with van der Waals surface area (Å²) < 4.78 is 28.5. The molecule has 0 saturated carbocycles. The minimum absolute atomic E-state index is 0.280. The van der Waals surface area contributed by atoms with Gasteiger partial charge < -0.3 is 0 Å². The molecular formula is C18H22ClNO2S. The summed E-state index contributed by atoms with van der Waals surface area (Å²) in [4.78, 5) is 0.371. The second kappa shape index (κ2) is 7.04. The highest BCUT2D eigenvalue weighted by Gasteiger charge is 2.23. The maximum Gasteiger partial charge on any atom is 0.241 e. The number of halogens is 1. The fraction of sp³-hybridized carbons (Fsp3) is 0.333. The average Bonchev–Trinajstić information content (AvgIpc) is 2.44. The van der Waals surface area contributed by atoms with Crippen LogP contribution in [0.4, 0.5) is 0 Å². The van der Waals surface area contributed by atoms with E-state index in [-0.39, 0.29) is 6.04 Å². The highest BCUT2D eigenvalue weighted by Crippen LogP contribution is 2.26. The van der Waals surface area contributed by atoms with E-state index >= 15 is 0 Å². The first-order valence-corrected chi connectivity index (χ1v) is 9.46. The number of rotatable bonds is 5. The Bertz CT molecular complexity index is 775. The summed E-state index contributed by atoms with van der Waals surface area (Å²) in [6.07, 6.45) is 0.658. The summed E-state index contributed by atoms with van der Waals surface area (Å²) in [5.74, 6) is 0. The molecule has 0 spiro atoms. The Morgan fingerprint density at radius 3 is 2.04 bits per heavy atom. The summed E-state index contributed by atoms with van der Waals surface area (Å²) in [6.45, 7) is 7.58. The van der Waals surface area contributed by atoms with Gasteiger partial charge in [-0.2, -0.15) is 0 Å². The number of sulfonamides is 1. The van der Waals surface area contributed by atoms with Crippen LogP contribution in [0.2, 0.25) is 5.02 Å². The molecule has 23 heavy (non-hydrogen) atoms. The minimum Gasteiger partial charge on any atom is -0.207 e. The fourth-order valence-corrected chi connectivity index (χ4v) is 4.81. The molecule has 0 saturated heterocycles. The lowest BCUT2D eigenvalue weighted by atomic mass is 10.1. The second-order valence-corrected chi connectivity index (χ2v) is 7.95. The molecule has 0 aromatic heterocycles. The van der Waals surface area contributed by atoms with Gasteiger partial charge >= 0.3 is 0 Å².